The number of aliphatic hydroxyl groups is 1. The summed E-state index contributed by atoms with van der Waals surface area (Å²) in [5.74, 6) is 0. The number of hydrogen-bond donors (Lipinski definition) is 1. The number of halogens is 3. The van der Waals surface area contributed by atoms with Crippen LogP contribution in [0.3, 0.4) is 0 Å². The van der Waals surface area contributed by atoms with E-state index in [0.717, 1.165) is 50.0 Å². The predicted octanol–water partition coefficient (Wildman–Crippen LogP) is 3.24. The van der Waals surface area contributed by atoms with Crippen LogP contribution in [0.15, 0.2) is 24.3 Å². The maximum Gasteiger partial charge on any atom is 0.416 e. The van der Waals surface area contributed by atoms with Gasteiger partial charge in [-0.3, -0.25) is 4.90 Å². The number of hydrogen-bond acceptors (Lipinski definition) is 3. The number of piperidine rings is 1. The summed E-state index contributed by atoms with van der Waals surface area (Å²) in [6.07, 6.45) is -1.16. The van der Waals surface area contributed by atoms with E-state index in [1.54, 1.807) is 12.1 Å². The van der Waals surface area contributed by atoms with Gasteiger partial charge in [0.05, 0.1) is 25.4 Å². The molecule has 1 fully saturated rings. The Morgan fingerprint density at radius 2 is 1.86 bits per heavy atom. The summed E-state index contributed by atoms with van der Waals surface area (Å²) in [7, 11) is 0. The lowest BCUT2D eigenvalue weighted by Crippen LogP contribution is -2.36. The van der Waals surface area contributed by atoms with Crippen LogP contribution in [0.2, 0.25) is 0 Å². The van der Waals surface area contributed by atoms with E-state index in [4.69, 9.17) is 9.84 Å². The van der Waals surface area contributed by atoms with Crippen molar-refractivity contribution in [2.75, 3.05) is 32.9 Å². The van der Waals surface area contributed by atoms with Crippen LogP contribution in [-0.2, 0) is 10.9 Å². The highest BCUT2D eigenvalue weighted by Gasteiger charge is 2.31. The van der Waals surface area contributed by atoms with Crippen LogP contribution in [0.5, 0.6) is 0 Å². The number of ether oxygens (including phenoxy) is 1. The molecule has 1 unspecified atom stereocenters. The van der Waals surface area contributed by atoms with E-state index in [1.165, 1.54) is 0 Å². The van der Waals surface area contributed by atoms with Crippen molar-refractivity contribution in [2.24, 2.45) is 0 Å². The number of rotatable bonds is 6. The largest absolute Gasteiger partial charge is 0.416 e. The Morgan fingerprint density at radius 3 is 2.50 bits per heavy atom. The molecule has 0 aliphatic carbocycles. The summed E-state index contributed by atoms with van der Waals surface area (Å²) in [5.41, 5.74) is 0.319. The molecular weight excluding hydrogens is 295 g/mol. The SMILES string of the molecule is OCCOCCN1CCCCC1c1ccc(C(F)(F)F)cc1. The zero-order chi connectivity index (χ0) is 16.0. The standard InChI is InChI=1S/C16H22F3NO2/c17-16(18,19)14-6-4-13(5-7-14)15-3-1-2-8-20(15)9-11-22-12-10-21/h4-7,15,21H,1-3,8-12H2. The second-order valence-electron chi connectivity index (χ2n) is 5.50. The fourth-order valence-corrected chi connectivity index (χ4v) is 2.88. The third-order valence-electron chi connectivity index (χ3n) is 3.99. The number of aliphatic hydroxyl groups excluding tert-OH is 1. The predicted molar refractivity (Wildman–Crippen MR) is 77.5 cm³/mol. The first-order valence-corrected chi connectivity index (χ1v) is 7.62. The maximum absolute atomic E-state index is 12.6. The van der Waals surface area contributed by atoms with E-state index in [-0.39, 0.29) is 12.6 Å². The summed E-state index contributed by atoms with van der Waals surface area (Å²) in [6, 6.07) is 5.63. The molecule has 1 aromatic rings. The Bertz CT molecular complexity index is 448. The Labute approximate surface area is 128 Å². The van der Waals surface area contributed by atoms with Crippen molar-refractivity contribution in [1.29, 1.82) is 0 Å². The molecule has 1 aliphatic heterocycles. The lowest BCUT2D eigenvalue weighted by molar-refractivity contribution is -0.137. The van der Waals surface area contributed by atoms with E-state index in [9.17, 15) is 13.2 Å². The molecule has 1 aromatic carbocycles. The Kier molecular flexibility index (Phi) is 6.23. The molecule has 2 rings (SSSR count). The molecule has 1 atom stereocenters. The first-order chi connectivity index (χ1) is 10.5. The first-order valence-electron chi connectivity index (χ1n) is 7.62. The Hall–Kier alpha value is -1.11. The number of likely N-dealkylation sites (tertiary alicyclic amines) is 1. The average molecular weight is 317 g/mol. The third kappa shape index (κ3) is 4.69. The van der Waals surface area contributed by atoms with E-state index >= 15 is 0 Å². The monoisotopic (exact) mass is 317 g/mol. The fourth-order valence-electron chi connectivity index (χ4n) is 2.88. The highest BCUT2D eigenvalue weighted by molar-refractivity contribution is 5.27. The summed E-state index contributed by atoms with van der Waals surface area (Å²) in [5, 5.41) is 8.69. The van der Waals surface area contributed by atoms with Gasteiger partial charge in [0, 0.05) is 12.6 Å². The van der Waals surface area contributed by atoms with Crippen molar-refractivity contribution < 1.29 is 23.0 Å². The van der Waals surface area contributed by atoms with E-state index < -0.39 is 11.7 Å². The van der Waals surface area contributed by atoms with Crippen molar-refractivity contribution in [1.82, 2.24) is 4.90 Å². The first kappa shape index (κ1) is 17.2. The van der Waals surface area contributed by atoms with Crippen molar-refractivity contribution >= 4 is 0 Å². The van der Waals surface area contributed by atoms with Crippen LogP contribution in [-0.4, -0.2) is 42.9 Å². The average Bonchev–Trinajstić information content (AvgIpc) is 2.51. The minimum absolute atomic E-state index is 0.00231. The number of alkyl halides is 3. The third-order valence-corrected chi connectivity index (χ3v) is 3.99. The van der Waals surface area contributed by atoms with Crippen molar-refractivity contribution in [3.8, 4) is 0 Å². The highest BCUT2D eigenvalue weighted by Crippen LogP contribution is 2.34. The van der Waals surface area contributed by atoms with Crippen LogP contribution < -0.4 is 0 Å². The van der Waals surface area contributed by atoms with Crippen LogP contribution >= 0.6 is 0 Å². The van der Waals surface area contributed by atoms with Gasteiger partial charge in [0.15, 0.2) is 0 Å². The van der Waals surface area contributed by atoms with Crippen molar-refractivity contribution in [3.63, 3.8) is 0 Å². The molecule has 0 spiro atoms. The second-order valence-corrected chi connectivity index (χ2v) is 5.50. The molecule has 0 amide bonds. The summed E-state index contributed by atoms with van der Waals surface area (Å²) < 4.78 is 43.2. The normalized spacial score (nSPS) is 20.3. The zero-order valence-corrected chi connectivity index (χ0v) is 12.5. The molecule has 0 saturated carbocycles. The van der Waals surface area contributed by atoms with Gasteiger partial charge in [0.2, 0.25) is 0 Å². The van der Waals surface area contributed by atoms with Crippen LogP contribution in [0.25, 0.3) is 0 Å². The quantitative estimate of drug-likeness (QED) is 0.818. The van der Waals surface area contributed by atoms with Crippen molar-refractivity contribution in [3.05, 3.63) is 35.4 Å². The molecule has 6 heteroatoms. The minimum Gasteiger partial charge on any atom is -0.394 e. The fraction of sp³-hybridized carbons (Fsp3) is 0.625. The van der Waals surface area contributed by atoms with Gasteiger partial charge >= 0.3 is 6.18 Å². The zero-order valence-electron chi connectivity index (χ0n) is 12.5. The molecule has 124 valence electrons. The minimum atomic E-state index is -4.29. The molecule has 0 bridgehead atoms. The van der Waals surface area contributed by atoms with Crippen molar-refractivity contribution in [2.45, 2.75) is 31.5 Å². The van der Waals surface area contributed by atoms with E-state index in [0.29, 0.717) is 13.2 Å². The van der Waals surface area contributed by atoms with Gasteiger partial charge in [0.1, 0.15) is 0 Å². The second kappa shape index (κ2) is 7.94. The van der Waals surface area contributed by atoms with Crippen LogP contribution in [0.1, 0.15) is 36.4 Å². The van der Waals surface area contributed by atoms with E-state index in [2.05, 4.69) is 4.90 Å². The number of benzene rings is 1. The van der Waals surface area contributed by atoms with Gasteiger partial charge < -0.3 is 9.84 Å². The van der Waals surface area contributed by atoms with Crippen LogP contribution in [0, 0.1) is 0 Å². The smallest absolute Gasteiger partial charge is 0.394 e. The molecule has 1 heterocycles. The van der Waals surface area contributed by atoms with Gasteiger partial charge in [-0.05, 0) is 37.1 Å². The Morgan fingerprint density at radius 1 is 1.14 bits per heavy atom. The summed E-state index contributed by atoms with van der Waals surface area (Å²) >= 11 is 0. The topological polar surface area (TPSA) is 32.7 Å². The maximum atomic E-state index is 12.6. The van der Waals surface area contributed by atoms with Crippen LogP contribution in [0.4, 0.5) is 13.2 Å². The molecular formula is C16H22F3NO2. The molecule has 0 aromatic heterocycles. The Balaban J connectivity index is 2.00. The summed E-state index contributed by atoms with van der Waals surface area (Å²) in [4.78, 5) is 2.25. The number of nitrogens with zero attached hydrogens (tertiary/aromatic N) is 1. The molecule has 3 nitrogen and oxygen atoms in total. The van der Waals surface area contributed by atoms with Gasteiger partial charge in [-0.15, -0.1) is 0 Å². The van der Waals surface area contributed by atoms with E-state index in [1.807, 2.05) is 0 Å². The molecule has 22 heavy (non-hydrogen) atoms. The van der Waals surface area contributed by atoms with Gasteiger partial charge in [-0.1, -0.05) is 18.6 Å². The lowest BCUT2D eigenvalue weighted by atomic mass is 9.94. The molecule has 1 saturated heterocycles. The lowest BCUT2D eigenvalue weighted by Gasteiger charge is -2.36. The van der Waals surface area contributed by atoms with Gasteiger partial charge in [-0.2, -0.15) is 13.2 Å². The molecule has 1 N–H and O–H groups in total. The van der Waals surface area contributed by atoms with Gasteiger partial charge in [0.25, 0.3) is 0 Å². The molecule has 0 radical (unpaired) electrons. The highest BCUT2D eigenvalue weighted by atomic mass is 19.4. The van der Waals surface area contributed by atoms with Gasteiger partial charge in [-0.25, -0.2) is 0 Å². The molecule has 1 aliphatic rings. The summed E-state index contributed by atoms with van der Waals surface area (Å²) in [6.45, 7) is 2.50.